The minimum Gasteiger partial charge on any atom is -0.481 e. The van der Waals surface area contributed by atoms with Crippen LogP contribution in [0.2, 0.25) is 0 Å². The lowest BCUT2D eigenvalue weighted by Crippen LogP contribution is -2.37. The van der Waals surface area contributed by atoms with E-state index in [1.165, 1.54) is 0 Å². The lowest BCUT2D eigenvalue weighted by atomic mass is 10.0. The van der Waals surface area contributed by atoms with Crippen molar-refractivity contribution in [3.05, 3.63) is 35.4 Å². The minimum atomic E-state index is -0.863. The second kappa shape index (κ2) is 6.22. The van der Waals surface area contributed by atoms with Crippen LogP contribution >= 0.6 is 0 Å². The van der Waals surface area contributed by atoms with Gasteiger partial charge in [0.1, 0.15) is 0 Å². The van der Waals surface area contributed by atoms with Gasteiger partial charge in [0.25, 0.3) is 0 Å². The van der Waals surface area contributed by atoms with Gasteiger partial charge in [0, 0.05) is 19.6 Å². The van der Waals surface area contributed by atoms with Gasteiger partial charge in [-0.1, -0.05) is 24.3 Å². The molecule has 0 unspecified atom stereocenters. The van der Waals surface area contributed by atoms with Crippen molar-refractivity contribution in [2.45, 2.75) is 25.8 Å². The van der Waals surface area contributed by atoms with Crippen molar-refractivity contribution in [2.24, 2.45) is 0 Å². The fourth-order valence-corrected chi connectivity index (χ4v) is 2.27. The van der Waals surface area contributed by atoms with Crippen LogP contribution in [-0.4, -0.2) is 35.1 Å². The highest BCUT2D eigenvalue weighted by Crippen LogP contribution is 2.11. The van der Waals surface area contributed by atoms with E-state index in [9.17, 15) is 9.59 Å². The molecular weight excluding hydrogens is 244 g/mol. The molecule has 2 N–H and O–H groups in total. The number of nitrogens with zero attached hydrogens (tertiary/aromatic N) is 1. The van der Waals surface area contributed by atoms with Crippen LogP contribution in [0.25, 0.3) is 0 Å². The number of rotatable bonds is 4. The summed E-state index contributed by atoms with van der Waals surface area (Å²) < 4.78 is 0. The van der Waals surface area contributed by atoms with Gasteiger partial charge in [-0.15, -0.1) is 0 Å². The SMILES string of the molecule is O=C(O)Cc1ccccc1CNC(=O)N1CCCC1. The number of urea groups is 1. The van der Waals surface area contributed by atoms with Crippen molar-refractivity contribution in [2.75, 3.05) is 13.1 Å². The van der Waals surface area contributed by atoms with Crippen molar-refractivity contribution >= 4 is 12.0 Å². The Balaban J connectivity index is 1.94. The molecule has 0 aliphatic carbocycles. The largest absolute Gasteiger partial charge is 0.481 e. The van der Waals surface area contributed by atoms with Gasteiger partial charge in [0.2, 0.25) is 0 Å². The first-order valence-corrected chi connectivity index (χ1v) is 6.48. The molecule has 0 aromatic heterocycles. The van der Waals surface area contributed by atoms with Crippen LogP contribution < -0.4 is 5.32 Å². The summed E-state index contributed by atoms with van der Waals surface area (Å²) in [5.74, 6) is -0.863. The number of benzene rings is 1. The summed E-state index contributed by atoms with van der Waals surface area (Å²) in [6.07, 6.45) is 2.10. The quantitative estimate of drug-likeness (QED) is 0.866. The van der Waals surface area contributed by atoms with Crippen LogP contribution in [0.3, 0.4) is 0 Å². The van der Waals surface area contributed by atoms with Gasteiger partial charge in [0.15, 0.2) is 0 Å². The molecule has 2 rings (SSSR count). The maximum absolute atomic E-state index is 11.9. The van der Waals surface area contributed by atoms with Gasteiger partial charge < -0.3 is 15.3 Å². The number of carbonyl (C=O) groups is 2. The van der Waals surface area contributed by atoms with Crippen LogP contribution in [-0.2, 0) is 17.8 Å². The van der Waals surface area contributed by atoms with Crippen molar-refractivity contribution < 1.29 is 14.7 Å². The van der Waals surface area contributed by atoms with Crippen LogP contribution in [0.5, 0.6) is 0 Å². The van der Waals surface area contributed by atoms with Crippen molar-refractivity contribution in [3.63, 3.8) is 0 Å². The summed E-state index contributed by atoms with van der Waals surface area (Å²) in [5, 5.41) is 11.7. The average molecular weight is 262 g/mol. The lowest BCUT2D eigenvalue weighted by molar-refractivity contribution is -0.136. The molecule has 1 aliphatic rings. The van der Waals surface area contributed by atoms with E-state index in [1.54, 1.807) is 11.0 Å². The van der Waals surface area contributed by atoms with Crippen LogP contribution in [0.15, 0.2) is 24.3 Å². The Hall–Kier alpha value is -2.04. The van der Waals surface area contributed by atoms with Gasteiger partial charge in [-0.05, 0) is 24.0 Å². The number of carboxylic acid groups (broad SMARTS) is 1. The molecule has 1 aromatic carbocycles. The molecule has 5 heteroatoms. The standard InChI is InChI=1S/C14H18N2O3/c17-13(18)9-11-5-1-2-6-12(11)10-15-14(19)16-7-3-4-8-16/h1-2,5-6H,3-4,7-10H2,(H,15,19)(H,17,18). The van der Waals surface area contributed by atoms with Gasteiger partial charge in [0.05, 0.1) is 6.42 Å². The minimum absolute atomic E-state index is 0.0181. The molecule has 2 amide bonds. The van der Waals surface area contributed by atoms with E-state index >= 15 is 0 Å². The number of carbonyl (C=O) groups excluding carboxylic acids is 1. The number of amides is 2. The topological polar surface area (TPSA) is 69.6 Å². The number of hydrogen-bond acceptors (Lipinski definition) is 2. The molecule has 1 aromatic rings. The Morgan fingerprint density at radius 3 is 2.42 bits per heavy atom. The molecule has 1 heterocycles. The number of carboxylic acids is 1. The highest BCUT2D eigenvalue weighted by atomic mass is 16.4. The number of likely N-dealkylation sites (tertiary alicyclic amines) is 1. The van der Waals surface area contributed by atoms with E-state index in [-0.39, 0.29) is 12.5 Å². The second-order valence-corrected chi connectivity index (χ2v) is 4.69. The number of aliphatic carboxylic acids is 1. The van der Waals surface area contributed by atoms with Crippen molar-refractivity contribution in [1.29, 1.82) is 0 Å². The van der Waals surface area contributed by atoms with E-state index < -0.39 is 5.97 Å². The zero-order valence-electron chi connectivity index (χ0n) is 10.8. The summed E-state index contributed by atoms with van der Waals surface area (Å²) in [7, 11) is 0. The van der Waals surface area contributed by atoms with Crippen LogP contribution in [0, 0.1) is 0 Å². The maximum atomic E-state index is 11.9. The zero-order valence-corrected chi connectivity index (χ0v) is 10.8. The Bertz CT molecular complexity index is 468. The van der Waals surface area contributed by atoms with Crippen LogP contribution in [0.1, 0.15) is 24.0 Å². The first-order chi connectivity index (χ1) is 9.16. The predicted molar refractivity (Wildman–Crippen MR) is 70.8 cm³/mol. The Labute approximate surface area is 112 Å². The van der Waals surface area contributed by atoms with Gasteiger partial charge in [-0.3, -0.25) is 4.79 Å². The number of nitrogens with one attached hydrogen (secondary N) is 1. The first kappa shape index (κ1) is 13.4. The maximum Gasteiger partial charge on any atom is 0.317 e. The lowest BCUT2D eigenvalue weighted by Gasteiger charge is -2.17. The molecule has 5 nitrogen and oxygen atoms in total. The third-order valence-corrected chi connectivity index (χ3v) is 3.28. The Morgan fingerprint density at radius 1 is 1.16 bits per heavy atom. The first-order valence-electron chi connectivity index (χ1n) is 6.48. The third kappa shape index (κ3) is 3.71. The predicted octanol–water partition coefficient (Wildman–Crippen LogP) is 1.62. The molecular formula is C14H18N2O3. The van der Waals surface area contributed by atoms with Gasteiger partial charge in [-0.25, -0.2) is 4.79 Å². The van der Waals surface area contributed by atoms with Crippen molar-refractivity contribution in [1.82, 2.24) is 10.2 Å². The highest BCUT2D eigenvalue weighted by Gasteiger charge is 2.17. The van der Waals surface area contributed by atoms with E-state index in [0.717, 1.165) is 37.1 Å². The van der Waals surface area contributed by atoms with E-state index in [2.05, 4.69) is 5.32 Å². The monoisotopic (exact) mass is 262 g/mol. The zero-order chi connectivity index (χ0) is 13.7. The molecule has 1 fully saturated rings. The fraction of sp³-hybridized carbons (Fsp3) is 0.429. The van der Waals surface area contributed by atoms with Gasteiger partial charge >= 0.3 is 12.0 Å². The summed E-state index contributed by atoms with van der Waals surface area (Å²) in [6.45, 7) is 1.99. The molecule has 1 aliphatic heterocycles. The van der Waals surface area contributed by atoms with Crippen LogP contribution in [0.4, 0.5) is 4.79 Å². The molecule has 0 radical (unpaired) electrons. The van der Waals surface area contributed by atoms with E-state index in [1.807, 2.05) is 18.2 Å². The van der Waals surface area contributed by atoms with E-state index in [0.29, 0.717) is 6.54 Å². The smallest absolute Gasteiger partial charge is 0.317 e. The fourth-order valence-electron chi connectivity index (χ4n) is 2.27. The van der Waals surface area contributed by atoms with Gasteiger partial charge in [-0.2, -0.15) is 0 Å². The average Bonchev–Trinajstić information content (AvgIpc) is 2.90. The Kier molecular flexibility index (Phi) is 4.39. The third-order valence-electron chi connectivity index (χ3n) is 3.28. The molecule has 0 atom stereocenters. The Morgan fingerprint density at radius 2 is 1.79 bits per heavy atom. The molecule has 0 bridgehead atoms. The van der Waals surface area contributed by atoms with Crippen molar-refractivity contribution in [3.8, 4) is 0 Å². The second-order valence-electron chi connectivity index (χ2n) is 4.69. The number of hydrogen-bond donors (Lipinski definition) is 2. The molecule has 19 heavy (non-hydrogen) atoms. The highest BCUT2D eigenvalue weighted by molar-refractivity contribution is 5.74. The molecule has 0 spiro atoms. The normalized spacial score (nSPS) is 14.4. The summed E-state index contributed by atoms with van der Waals surface area (Å²) in [6, 6.07) is 7.23. The summed E-state index contributed by atoms with van der Waals surface area (Å²) in [4.78, 5) is 24.4. The molecule has 1 saturated heterocycles. The summed E-state index contributed by atoms with van der Waals surface area (Å²) >= 11 is 0. The molecule has 102 valence electrons. The van der Waals surface area contributed by atoms with E-state index in [4.69, 9.17) is 5.11 Å². The molecule has 0 saturated carbocycles. The summed E-state index contributed by atoms with van der Waals surface area (Å²) in [5.41, 5.74) is 1.61.